The van der Waals surface area contributed by atoms with Crippen LogP contribution in [-0.2, 0) is 18.5 Å². The monoisotopic (exact) mass is 294 g/mol. The molecule has 1 aliphatic heterocycles. The Bertz CT molecular complexity index is 522. The average Bonchev–Trinajstić information content (AvgIpc) is 2.57. The molecule has 0 amide bonds. The molecule has 2 N–H and O–H groups in total. The third-order valence-corrected chi connectivity index (χ3v) is 5.11. The molecule has 2 rings (SSSR count). The minimum absolute atomic E-state index is 0.0384. The standard InChI is InChI=1S/C10H14O6S2/c1-8-2-4-10(5-3-8)18(13,14)16-9-6-15-17(11,12)7-9/h2-5,9,11-12H,6-7H2,1H3. The molecule has 1 aliphatic rings. The van der Waals surface area contributed by atoms with E-state index in [2.05, 4.69) is 4.18 Å². The summed E-state index contributed by atoms with van der Waals surface area (Å²) < 4.78 is 51.7. The van der Waals surface area contributed by atoms with Gasteiger partial charge in [-0.15, -0.1) is 0 Å². The highest BCUT2D eigenvalue weighted by Crippen LogP contribution is 2.46. The van der Waals surface area contributed by atoms with Crippen LogP contribution in [-0.4, -0.2) is 36.0 Å². The highest BCUT2D eigenvalue weighted by molar-refractivity contribution is 8.20. The third kappa shape index (κ3) is 3.22. The fraction of sp³-hybridized carbons (Fsp3) is 0.400. The van der Waals surface area contributed by atoms with Crippen LogP contribution in [0.15, 0.2) is 29.2 Å². The minimum atomic E-state index is -3.90. The van der Waals surface area contributed by atoms with Crippen molar-refractivity contribution in [2.75, 3.05) is 12.4 Å². The van der Waals surface area contributed by atoms with E-state index in [1.54, 1.807) is 12.1 Å². The molecule has 0 aromatic heterocycles. The highest BCUT2D eigenvalue weighted by atomic mass is 32.3. The topological polar surface area (TPSA) is 93.1 Å². The Balaban J connectivity index is 2.11. The molecule has 6 nitrogen and oxygen atoms in total. The Morgan fingerprint density at radius 3 is 2.44 bits per heavy atom. The molecule has 1 atom stereocenters. The van der Waals surface area contributed by atoms with Crippen LogP contribution in [0.3, 0.4) is 0 Å². The summed E-state index contributed by atoms with van der Waals surface area (Å²) in [5, 5.41) is 0. The molecular weight excluding hydrogens is 280 g/mol. The van der Waals surface area contributed by atoms with Gasteiger partial charge in [-0.1, -0.05) is 17.7 Å². The second kappa shape index (κ2) is 4.80. The van der Waals surface area contributed by atoms with Crippen molar-refractivity contribution in [3.63, 3.8) is 0 Å². The molecule has 1 unspecified atom stereocenters. The number of rotatable bonds is 3. The lowest BCUT2D eigenvalue weighted by atomic mass is 10.2. The molecule has 8 heteroatoms. The summed E-state index contributed by atoms with van der Waals surface area (Å²) in [7, 11) is -7.05. The molecule has 18 heavy (non-hydrogen) atoms. The molecule has 1 aromatic rings. The lowest BCUT2D eigenvalue weighted by Crippen LogP contribution is -2.21. The predicted molar refractivity (Wildman–Crippen MR) is 66.9 cm³/mol. The molecule has 1 heterocycles. The van der Waals surface area contributed by atoms with E-state index < -0.39 is 27.1 Å². The van der Waals surface area contributed by atoms with Crippen LogP contribution in [0.1, 0.15) is 5.56 Å². The second-order valence-corrected chi connectivity index (χ2v) is 7.40. The van der Waals surface area contributed by atoms with Gasteiger partial charge in [0.25, 0.3) is 10.1 Å². The van der Waals surface area contributed by atoms with Gasteiger partial charge in [0.05, 0.1) is 28.1 Å². The lowest BCUT2D eigenvalue weighted by Gasteiger charge is -2.17. The van der Waals surface area contributed by atoms with E-state index in [-0.39, 0.29) is 17.3 Å². The van der Waals surface area contributed by atoms with Gasteiger partial charge in [-0.2, -0.15) is 8.42 Å². The highest BCUT2D eigenvalue weighted by Gasteiger charge is 2.36. The van der Waals surface area contributed by atoms with Gasteiger partial charge in [0.15, 0.2) is 0 Å². The number of benzene rings is 1. The summed E-state index contributed by atoms with van der Waals surface area (Å²) >= 11 is 0. The summed E-state index contributed by atoms with van der Waals surface area (Å²) in [5.74, 6) is -0.224. The number of aryl methyl sites for hydroxylation is 1. The molecule has 0 spiro atoms. The Morgan fingerprint density at radius 1 is 1.33 bits per heavy atom. The van der Waals surface area contributed by atoms with E-state index in [1.165, 1.54) is 12.1 Å². The van der Waals surface area contributed by atoms with Gasteiger partial charge in [0.2, 0.25) is 0 Å². The van der Waals surface area contributed by atoms with Gasteiger partial charge in [0, 0.05) is 0 Å². The molecule has 0 saturated carbocycles. The molecule has 0 bridgehead atoms. The van der Waals surface area contributed by atoms with Crippen molar-refractivity contribution in [2.24, 2.45) is 0 Å². The molecule has 0 radical (unpaired) electrons. The van der Waals surface area contributed by atoms with Crippen molar-refractivity contribution in [1.29, 1.82) is 0 Å². The van der Waals surface area contributed by atoms with Crippen molar-refractivity contribution >= 4 is 21.0 Å². The number of hydrogen-bond acceptors (Lipinski definition) is 6. The van der Waals surface area contributed by atoms with Gasteiger partial charge in [-0.05, 0) is 19.1 Å². The fourth-order valence-corrected chi connectivity index (χ4v) is 3.78. The van der Waals surface area contributed by atoms with Crippen molar-refractivity contribution in [3.05, 3.63) is 29.8 Å². The Labute approximate surface area is 107 Å². The summed E-state index contributed by atoms with van der Waals surface area (Å²) in [6.45, 7) is 1.70. The van der Waals surface area contributed by atoms with E-state index in [9.17, 15) is 17.5 Å². The summed E-state index contributed by atoms with van der Waals surface area (Å²) in [5.41, 5.74) is 0.937. The van der Waals surface area contributed by atoms with Crippen LogP contribution in [0.25, 0.3) is 0 Å². The van der Waals surface area contributed by atoms with E-state index in [0.29, 0.717) is 0 Å². The quantitative estimate of drug-likeness (QED) is 0.825. The largest absolute Gasteiger partial charge is 0.308 e. The van der Waals surface area contributed by atoms with E-state index in [1.807, 2.05) is 6.92 Å². The van der Waals surface area contributed by atoms with Gasteiger partial charge in [0.1, 0.15) is 6.10 Å². The maximum atomic E-state index is 11.9. The lowest BCUT2D eigenvalue weighted by molar-refractivity contribution is 0.180. The molecule has 1 saturated heterocycles. The van der Waals surface area contributed by atoms with Crippen LogP contribution in [0.4, 0.5) is 0 Å². The summed E-state index contributed by atoms with van der Waals surface area (Å²) in [6.07, 6.45) is -0.860. The zero-order valence-corrected chi connectivity index (χ0v) is 11.3. The van der Waals surface area contributed by atoms with Crippen molar-refractivity contribution in [3.8, 4) is 0 Å². The average molecular weight is 294 g/mol. The van der Waals surface area contributed by atoms with E-state index in [0.717, 1.165) is 5.56 Å². The molecule has 1 aromatic carbocycles. The Kier molecular flexibility index (Phi) is 3.67. The first-order valence-corrected chi connectivity index (χ1v) is 8.24. The smallest absolute Gasteiger partial charge is 0.297 e. The molecule has 102 valence electrons. The van der Waals surface area contributed by atoms with E-state index >= 15 is 0 Å². The SMILES string of the molecule is Cc1ccc(S(=O)(=O)OC2COS(O)(O)C2)cc1. The molecule has 1 fully saturated rings. The van der Waals surface area contributed by atoms with Crippen LogP contribution < -0.4 is 0 Å². The predicted octanol–water partition coefficient (Wildman–Crippen LogP) is 1.76. The van der Waals surface area contributed by atoms with Crippen LogP contribution in [0.5, 0.6) is 0 Å². The first kappa shape index (κ1) is 13.8. The van der Waals surface area contributed by atoms with Gasteiger partial charge in [-0.25, -0.2) is 0 Å². The zero-order valence-electron chi connectivity index (χ0n) is 9.64. The van der Waals surface area contributed by atoms with Gasteiger partial charge >= 0.3 is 0 Å². The fourth-order valence-electron chi connectivity index (χ4n) is 1.52. The maximum Gasteiger partial charge on any atom is 0.297 e. The molecular formula is C10H14O6S2. The number of hydrogen-bond donors (Lipinski definition) is 2. The minimum Gasteiger partial charge on any atom is -0.308 e. The second-order valence-electron chi connectivity index (χ2n) is 4.04. The van der Waals surface area contributed by atoms with Crippen molar-refractivity contribution in [1.82, 2.24) is 0 Å². The molecule has 0 aliphatic carbocycles. The van der Waals surface area contributed by atoms with Crippen molar-refractivity contribution in [2.45, 2.75) is 17.9 Å². The Hall–Kier alpha value is -0.640. The normalized spacial score (nSPS) is 24.9. The van der Waals surface area contributed by atoms with Crippen LogP contribution >= 0.6 is 10.9 Å². The zero-order chi connectivity index (χ0) is 13.4. The first-order valence-electron chi connectivity index (χ1n) is 5.19. The maximum absolute atomic E-state index is 11.9. The first-order chi connectivity index (χ1) is 8.28. The van der Waals surface area contributed by atoms with Crippen LogP contribution in [0.2, 0.25) is 0 Å². The summed E-state index contributed by atoms with van der Waals surface area (Å²) in [6, 6.07) is 6.21. The van der Waals surface area contributed by atoms with E-state index in [4.69, 9.17) is 4.18 Å². The van der Waals surface area contributed by atoms with Gasteiger partial charge in [-0.3, -0.25) is 8.37 Å². The third-order valence-electron chi connectivity index (χ3n) is 2.42. The summed E-state index contributed by atoms with van der Waals surface area (Å²) in [4.78, 5) is 0.0384. The van der Waals surface area contributed by atoms with Crippen LogP contribution in [0, 0.1) is 6.92 Å². The van der Waals surface area contributed by atoms with Gasteiger partial charge < -0.3 is 9.11 Å². The van der Waals surface area contributed by atoms with Crippen molar-refractivity contribution < 1.29 is 25.9 Å². The Morgan fingerprint density at radius 2 is 1.94 bits per heavy atom.